The van der Waals surface area contributed by atoms with Gasteiger partial charge in [-0.2, -0.15) is 0 Å². The lowest BCUT2D eigenvalue weighted by Gasteiger charge is -2.60. The third kappa shape index (κ3) is 2.68. The summed E-state index contributed by atoms with van der Waals surface area (Å²) in [5, 5.41) is 28.6. The van der Waals surface area contributed by atoms with Crippen LogP contribution < -0.4 is 0 Å². The van der Waals surface area contributed by atoms with E-state index in [0.29, 0.717) is 25.7 Å². The fourth-order valence-electron chi connectivity index (χ4n) is 7.27. The van der Waals surface area contributed by atoms with Crippen molar-refractivity contribution in [2.75, 3.05) is 0 Å². The maximum absolute atomic E-state index is 16.8. The number of fused-ring (bicyclic) bond motifs is 5. The maximum Gasteiger partial charge on any atom is 0.339 e. The Morgan fingerprint density at radius 3 is 2.52 bits per heavy atom. The molecule has 3 N–H and O–H groups in total. The zero-order chi connectivity index (χ0) is 21.6. The minimum Gasteiger partial charge on any atom is -0.337 e. The summed E-state index contributed by atoms with van der Waals surface area (Å²) in [7, 11) is 0. The number of alkyl halides is 1. The molecule has 0 aromatic carbocycles. The van der Waals surface area contributed by atoms with E-state index >= 15 is 4.39 Å². The molecule has 0 aromatic heterocycles. The van der Waals surface area contributed by atoms with Gasteiger partial charge in [0.15, 0.2) is 5.78 Å². The van der Waals surface area contributed by atoms with E-state index in [4.69, 9.17) is 11.6 Å². The molecule has 4 aliphatic rings. The van der Waals surface area contributed by atoms with Gasteiger partial charge in [0.05, 0.1) is 5.03 Å². The first-order valence-corrected chi connectivity index (χ1v) is 10.7. The Morgan fingerprint density at radius 2 is 1.90 bits per heavy atom. The Labute approximate surface area is 174 Å². The molecule has 29 heavy (non-hydrogen) atoms. The van der Waals surface area contributed by atoms with E-state index in [9.17, 15) is 24.9 Å². The van der Waals surface area contributed by atoms with Crippen molar-refractivity contribution in [3.05, 3.63) is 22.8 Å². The van der Waals surface area contributed by atoms with Crippen LogP contribution in [0.1, 0.15) is 52.9 Å². The van der Waals surface area contributed by atoms with Gasteiger partial charge in [-0.1, -0.05) is 31.0 Å². The van der Waals surface area contributed by atoms with Crippen molar-refractivity contribution in [1.29, 1.82) is 0 Å². The molecule has 4 rings (SSSR count). The lowest BCUT2D eigenvalue weighted by molar-refractivity contribution is -0.292. The quantitative estimate of drug-likeness (QED) is 0.590. The summed E-state index contributed by atoms with van der Waals surface area (Å²) >= 11 is 6.12. The van der Waals surface area contributed by atoms with Crippen molar-refractivity contribution in [2.24, 2.45) is 34.5 Å². The van der Waals surface area contributed by atoms with E-state index < -0.39 is 34.2 Å². The predicted molar refractivity (Wildman–Crippen MR) is 104 cm³/mol. The molecule has 7 heteroatoms. The molecule has 0 bridgehead atoms. The average Bonchev–Trinajstić information content (AvgIpc) is 2.86. The Balaban J connectivity index is 1.75. The molecule has 7 atom stereocenters. The molecular formula is C22H28ClFO5. The Hall–Kier alpha value is -1.08. The molecule has 0 spiro atoms. The van der Waals surface area contributed by atoms with E-state index in [-0.39, 0.29) is 35.0 Å². The molecule has 3 saturated carbocycles. The van der Waals surface area contributed by atoms with Crippen LogP contribution in [0.15, 0.2) is 22.8 Å². The summed E-state index contributed by atoms with van der Waals surface area (Å²) in [6.45, 7) is 5.57. The number of carbonyl (C=O) groups excluding carboxylic acids is 2. The van der Waals surface area contributed by atoms with Crippen LogP contribution in [0.5, 0.6) is 0 Å². The smallest absolute Gasteiger partial charge is 0.337 e. The molecule has 0 aromatic rings. The second kappa shape index (κ2) is 6.22. The second-order valence-electron chi connectivity index (χ2n) is 10.0. The number of rotatable bonds is 2. The van der Waals surface area contributed by atoms with Gasteiger partial charge in [-0.25, -0.2) is 4.39 Å². The summed E-state index contributed by atoms with van der Waals surface area (Å²) in [4.78, 5) is 24.7. The van der Waals surface area contributed by atoms with Gasteiger partial charge in [-0.15, -0.1) is 0 Å². The number of allylic oxidation sites excluding steroid dienone is 4. The number of ketones is 2. The number of carbonyl (C=O) groups is 2. The van der Waals surface area contributed by atoms with E-state index in [1.165, 1.54) is 6.08 Å². The van der Waals surface area contributed by atoms with Crippen molar-refractivity contribution in [3.8, 4) is 0 Å². The topological polar surface area (TPSA) is 94.8 Å². The first kappa shape index (κ1) is 21.2. The van der Waals surface area contributed by atoms with E-state index in [0.717, 1.165) is 5.57 Å². The van der Waals surface area contributed by atoms with E-state index in [1.54, 1.807) is 6.08 Å². The summed E-state index contributed by atoms with van der Waals surface area (Å²) in [5.41, 5.74) is -2.43. The summed E-state index contributed by atoms with van der Waals surface area (Å²) in [6, 6.07) is 0. The second-order valence-corrected chi connectivity index (χ2v) is 10.4. The van der Waals surface area contributed by atoms with Crippen molar-refractivity contribution < 1.29 is 29.3 Å². The van der Waals surface area contributed by atoms with Crippen LogP contribution in [-0.4, -0.2) is 38.5 Å². The van der Waals surface area contributed by atoms with Gasteiger partial charge in [0.1, 0.15) is 5.67 Å². The normalized spacial score (nSPS) is 47.0. The SMILES string of the molecule is CC1C[C@H]2[C@@H]3CCC4=CC(=O)C(Cl)=C[C@]4(C)[C@@]3(F)CC[C@]2(C)[C@H]1C(=O)C(O)(O)O. The Bertz CT molecular complexity index is 845. The number of aliphatic hydroxyl groups is 3. The van der Waals surface area contributed by atoms with Crippen LogP contribution in [0.4, 0.5) is 4.39 Å². The van der Waals surface area contributed by atoms with Crippen LogP contribution in [-0.2, 0) is 9.59 Å². The molecule has 0 radical (unpaired) electrons. The predicted octanol–water partition coefficient (Wildman–Crippen LogP) is 3.01. The van der Waals surface area contributed by atoms with Gasteiger partial charge in [0, 0.05) is 11.3 Å². The van der Waals surface area contributed by atoms with Crippen molar-refractivity contribution >= 4 is 23.2 Å². The molecule has 0 aliphatic heterocycles. The van der Waals surface area contributed by atoms with E-state index in [2.05, 4.69) is 0 Å². The summed E-state index contributed by atoms with van der Waals surface area (Å²) in [5.74, 6) is -6.12. The molecule has 5 nitrogen and oxygen atoms in total. The lowest BCUT2D eigenvalue weighted by atomic mass is 9.46. The van der Waals surface area contributed by atoms with Crippen molar-refractivity contribution in [1.82, 2.24) is 0 Å². The minimum atomic E-state index is -3.38. The summed E-state index contributed by atoms with van der Waals surface area (Å²) < 4.78 is 16.8. The lowest BCUT2D eigenvalue weighted by Crippen LogP contribution is -2.61. The highest BCUT2D eigenvalue weighted by Crippen LogP contribution is 2.70. The first-order valence-electron chi connectivity index (χ1n) is 10.3. The highest BCUT2D eigenvalue weighted by molar-refractivity contribution is 6.44. The fraction of sp³-hybridized carbons (Fsp3) is 0.727. The molecule has 0 amide bonds. The monoisotopic (exact) mass is 426 g/mol. The highest BCUT2D eigenvalue weighted by Gasteiger charge is 2.69. The van der Waals surface area contributed by atoms with Crippen molar-refractivity contribution in [3.63, 3.8) is 0 Å². The molecule has 160 valence electrons. The average molecular weight is 427 g/mol. The van der Waals surface area contributed by atoms with Crippen LogP contribution in [0.2, 0.25) is 0 Å². The minimum absolute atomic E-state index is 0.0423. The zero-order valence-electron chi connectivity index (χ0n) is 16.9. The molecule has 0 saturated heterocycles. The molecule has 1 unspecified atom stereocenters. The van der Waals surface area contributed by atoms with Gasteiger partial charge in [-0.05, 0) is 74.3 Å². The zero-order valence-corrected chi connectivity index (χ0v) is 17.7. The Kier molecular flexibility index (Phi) is 4.54. The van der Waals surface area contributed by atoms with Crippen LogP contribution in [0, 0.1) is 34.5 Å². The number of hydrogen-bond acceptors (Lipinski definition) is 5. The van der Waals surface area contributed by atoms with Gasteiger partial charge >= 0.3 is 5.97 Å². The third-order valence-electron chi connectivity index (χ3n) is 8.68. The van der Waals surface area contributed by atoms with Gasteiger partial charge in [0.25, 0.3) is 0 Å². The molecule has 0 heterocycles. The summed E-state index contributed by atoms with van der Waals surface area (Å²) in [6.07, 6.45) is 5.33. The highest BCUT2D eigenvalue weighted by atomic mass is 35.5. The molecule has 4 aliphatic carbocycles. The largest absolute Gasteiger partial charge is 0.339 e. The van der Waals surface area contributed by atoms with Gasteiger partial charge < -0.3 is 15.3 Å². The van der Waals surface area contributed by atoms with Crippen LogP contribution in [0.25, 0.3) is 0 Å². The van der Waals surface area contributed by atoms with Gasteiger partial charge in [0.2, 0.25) is 5.78 Å². The molecular weight excluding hydrogens is 399 g/mol. The van der Waals surface area contributed by atoms with E-state index in [1.807, 2.05) is 20.8 Å². The maximum atomic E-state index is 16.8. The van der Waals surface area contributed by atoms with Gasteiger partial charge in [-0.3, -0.25) is 9.59 Å². The standard InChI is InChI=1S/C22H28ClFO5/c1-11-8-14-13-5-4-12-9-16(25)15(23)10-20(12,3)21(13,24)7-6-19(14,2)17(11)18(26)22(27,28)29/h9-11,13-14,17,27-29H,4-8H2,1-3H3/t11?,13-,14-,17+,19-,20-,21+/m0/s1. The number of Topliss-reactive ketones (excluding diaryl/α,β-unsaturated/α-hetero) is 1. The first-order chi connectivity index (χ1) is 13.3. The fourth-order valence-corrected chi connectivity index (χ4v) is 7.54. The Morgan fingerprint density at radius 1 is 1.24 bits per heavy atom. The third-order valence-corrected chi connectivity index (χ3v) is 8.97. The van der Waals surface area contributed by atoms with Crippen molar-refractivity contribution in [2.45, 2.75) is 64.5 Å². The number of halogens is 2. The molecule has 3 fully saturated rings. The van der Waals surface area contributed by atoms with Crippen LogP contribution >= 0.6 is 11.6 Å². The number of hydrogen-bond donors (Lipinski definition) is 3. The van der Waals surface area contributed by atoms with Crippen LogP contribution in [0.3, 0.4) is 0 Å².